The number of rotatable bonds is 3. The summed E-state index contributed by atoms with van der Waals surface area (Å²) in [6, 6.07) is 3.88. The molecule has 5 heteroatoms. The van der Waals surface area contributed by atoms with Crippen LogP contribution in [-0.2, 0) is 0 Å². The van der Waals surface area contributed by atoms with Gasteiger partial charge in [0.2, 0.25) is 5.92 Å². The first-order valence-corrected chi connectivity index (χ1v) is 6.75. The summed E-state index contributed by atoms with van der Waals surface area (Å²) >= 11 is 0. The van der Waals surface area contributed by atoms with Gasteiger partial charge in [-0.1, -0.05) is 6.08 Å². The predicted octanol–water partition coefficient (Wildman–Crippen LogP) is 3.21. The summed E-state index contributed by atoms with van der Waals surface area (Å²) in [6.45, 7) is 2.28. The van der Waals surface area contributed by atoms with Crippen LogP contribution in [0.25, 0.3) is 16.6 Å². The Hall–Kier alpha value is -1.75. The summed E-state index contributed by atoms with van der Waals surface area (Å²) in [5, 5.41) is 4.26. The van der Waals surface area contributed by atoms with Gasteiger partial charge in [0.15, 0.2) is 0 Å². The summed E-state index contributed by atoms with van der Waals surface area (Å²) in [5.74, 6) is -2.77. The highest BCUT2D eigenvalue weighted by Crippen LogP contribution is 2.30. The largest absolute Gasteiger partial charge is 0.346 e. The molecule has 0 aromatic carbocycles. The highest BCUT2D eigenvalue weighted by atomic mass is 19.3. The van der Waals surface area contributed by atoms with Crippen molar-refractivity contribution in [3.8, 4) is 0 Å². The van der Waals surface area contributed by atoms with Crippen LogP contribution < -0.4 is 5.32 Å². The van der Waals surface area contributed by atoms with Gasteiger partial charge in [0.05, 0.1) is 0 Å². The first kappa shape index (κ1) is 13.2. The number of hydrogen-bond acceptors (Lipinski definition) is 2. The molecule has 0 fully saturated rings. The van der Waals surface area contributed by atoms with Gasteiger partial charge in [-0.15, -0.1) is 0 Å². The quantitative estimate of drug-likeness (QED) is 0.904. The van der Waals surface area contributed by atoms with Gasteiger partial charge in [-0.3, -0.25) is 0 Å². The zero-order valence-corrected chi connectivity index (χ0v) is 11.3. The molecule has 3 rings (SSSR count). The van der Waals surface area contributed by atoms with Crippen molar-refractivity contribution < 1.29 is 8.78 Å². The highest BCUT2D eigenvalue weighted by molar-refractivity contribution is 5.91. The minimum atomic E-state index is -2.63. The van der Waals surface area contributed by atoms with Crippen molar-refractivity contribution in [2.75, 3.05) is 13.1 Å². The normalized spacial score (nSPS) is 20.1. The second-order valence-electron chi connectivity index (χ2n) is 5.46. The van der Waals surface area contributed by atoms with E-state index in [4.69, 9.17) is 0 Å². The van der Waals surface area contributed by atoms with Crippen molar-refractivity contribution in [3.05, 3.63) is 36.2 Å². The van der Waals surface area contributed by atoms with Crippen molar-refractivity contribution in [1.29, 1.82) is 0 Å². The van der Waals surface area contributed by atoms with Crippen molar-refractivity contribution in [3.63, 3.8) is 0 Å². The molecule has 1 unspecified atom stereocenters. The molecule has 0 saturated heterocycles. The SMILES string of the molecule is CC(F)(F)CC1C=C(c2c[nH]c3ncccc23)CNC1. The highest BCUT2D eigenvalue weighted by Gasteiger charge is 2.27. The number of H-pyrrole nitrogens is 1. The lowest BCUT2D eigenvalue weighted by molar-refractivity contribution is 0.00201. The first-order chi connectivity index (χ1) is 9.53. The van der Waals surface area contributed by atoms with Crippen LogP contribution in [0.3, 0.4) is 0 Å². The van der Waals surface area contributed by atoms with Gasteiger partial charge < -0.3 is 10.3 Å². The number of aromatic amines is 1. The fourth-order valence-corrected chi connectivity index (χ4v) is 2.79. The van der Waals surface area contributed by atoms with Crippen LogP contribution in [0.1, 0.15) is 18.9 Å². The molecule has 2 aromatic heterocycles. The minimum Gasteiger partial charge on any atom is -0.346 e. The summed E-state index contributed by atoms with van der Waals surface area (Å²) in [7, 11) is 0. The van der Waals surface area contributed by atoms with Gasteiger partial charge in [-0.25, -0.2) is 13.8 Å². The minimum absolute atomic E-state index is 0.121. The maximum atomic E-state index is 13.2. The molecule has 0 radical (unpaired) electrons. The van der Waals surface area contributed by atoms with Crippen LogP contribution in [0, 0.1) is 5.92 Å². The zero-order chi connectivity index (χ0) is 14.2. The summed E-state index contributed by atoms with van der Waals surface area (Å²) in [4.78, 5) is 7.37. The molecule has 0 bridgehead atoms. The average molecular weight is 277 g/mol. The van der Waals surface area contributed by atoms with Gasteiger partial charge in [-0.2, -0.15) is 0 Å². The smallest absolute Gasteiger partial charge is 0.246 e. The van der Waals surface area contributed by atoms with Crippen LogP contribution in [0.5, 0.6) is 0 Å². The van der Waals surface area contributed by atoms with Crippen molar-refractivity contribution >= 4 is 16.6 Å². The second kappa shape index (κ2) is 4.98. The van der Waals surface area contributed by atoms with E-state index in [9.17, 15) is 8.78 Å². The molecule has 2 aromatic rings. The maximum Gasteiger partial charge on any atom is 0.246 e. The molecule has 0 spiro atoms. The summed E-state index contributed by atoms with van der Waals surface area (Å²) in [5.41, 5.74) is 2.93. The van der Waals surface area contributed by atoms with Gasteiger partial charge in [0.25, 0.3) is 0 Å². The Morgan fingerprint density at radius 3 is 3.10 bits per heavy atom. The standard InChI is InChI=1S/C15H17F2N3/c1-15(16,17)6-10-5-11(8-18-7-10)13-9-20-14-12(13)3-2-4-19-14/h2-5,9-10,18H,6-8H2,1H3,(H,19,20). The Morgan fingerprint density at radius 1 is 1.45 bits per heavy atom. The van der Waals surface area contributed by atoms with Crippen LogP contribution >= 0.6 is 0 Å². The second-order valence-corrected chi connectivity index (χ2v) is 5.46. The third-order valence-electron chi connectivity index (χ3n) is 3.58. The van der Waals surface area contributed by atoms with E-state index in [2.05, 4.69) is 15.3 Å². The number of alkyl halides is 2. The molecule has 20 heavy (non-hydrogen) atoms. The number of fused-ring (bicyclic) bond motifs is 1. The van der Waals surface area contributed by atoms with Crippen LogP contribution in [0.2, 0.25) is 0 Å². The Kier molecular flexibility index (Phi) is 3.30. The number of nitrogens with zero attached hydrogens (tertiary/aromatic N) is 1. The summed E-state index contributed by atoms with van der Waals surface area (Å²) in [6.07, 6.45) is 5.49. The number of nitrogens with one attached hydrogen (secondary N) is 2. The summed E-state index contributed by atoms with van der Waals surface area (Å²) < 4.78 is 26.3. The Balaban J connectivity index is 1.93. The van der Waals surface area contributed by atoms with E-state index < -0.39 is 5.92 Å². The Bertz CT molecular complexity index is 640. The van der Waals surface area contributed by atoms with E-state index in [0.29, 0.717) is 13.1 Å². The third-order valence-corrected chi connectivity index (χ3v) is 3.58. The number of hydrogen-bond donors (Lipinski definition) is 2. The fourth-order valence-electron chi connectivity index (χ4n) is 2.79. The molecule has 0 saturated carbocycles. The van der Waals surface area contributed by atoms with Crippen molar-refractivity contribution in [1.82, 2.24) is 15.3 Å². The molecular formula is C15H17F2N3. The van der Waals surface area contributed by atoms with Crippen LogP contribution in [0.4, 0.5) is 8.78 Å². The lowest BCUT2D eigenvalue weighted by Gasteiger charge is -2.24. The predicted molar refractivity (Wildman–Crippen MR) is 75.7 cm³/mol. The lowest BCUT2D eigenvalue weighted by Crippen LogP contribution is -2.31. The van der Waals surface area contributed by atoms with Gasteiger partial charge in [0, 0.05) is 42.9 Å². The molecule has 106 valence electrons. The van der Waals surface area contributed by atoms with Crippen molar-refractivity contribution in [2.45, 2.75) is 19.3 Å². The van der Waals surface area contributed by atoms with E-state index in [0.717, 1.165) is 29.1 Å². The molecular weight excluding hydrogens is 260 g/mol. The van der Waals surface area contributed by atoms with E-state index in [1.54, 1.807) is 6.20 Å². The van der Waals surface area contributed by atoms with E-state index in [-0.39, 0.29) is 12.3 Å². The van der Waals surface area contributed by atoms with Gasteiger partial charge >= 0.3 is 0 Å². The van der Waals surface area contributed by atoms with E-state index in [1.807, 2.05) is 24.4 Å². The van der Waals surface area contributed by atoms with Crippen LogP contribution in [-0.4, -0.2) is 29.0 Å². The fraction of sp³-hybridized carbons (Fsp3) is 0.400. The lowest BCUT2D eigenvalue weighted by atomic mass is 9.92. The number of halogens is 2. The topological polar surface area (TPSA) is 40.7 Å². The van der Waals surface area contributed by atoms with Gasteiger partial charge in [-0.05, 0) is 30.5 Å². The molecule has 1 aliphatic heterocycles. The first-order valence-electron chi connectivity index (χ1n) is 6.75. The monoisotopic (exact) mass is 277 g/mol. The van der Waals surface area contributed by atoms with E-state index in [1.165, 1.54) is 0 Å². The van der Waals surface area contributed by atoms with E-state index >= 15 is 0 Å². The molecule has 0 amide bonds. The molecule has 2 N–H and O–H groups in total. The van der Waals surface area contributed by atoms with Gasteiger partial charge in [0.1, 0.15) is 5.65 Å². The molecule has 1 aliphatic rings. The number of pyridine rings is 1. The number of aromatic nitrogens is 2. The zero-order valence-electron chi connectivity index (χ0n) is 11.3. The molecule has 0 aliphatic carbocycles. The Morgan fingerprint density at radius 2 is 2.30 bits per heavy atom. The molecule has 1 atom stereocenters. The molecule has 3 heterocycles. The van der Waals surface area contributed by atoms with Crippen molar-refractivity contribution in [2.24, 2.45) is 5.92 Å². The maximum absolute atomic E-state index is 13.2. The van der Waals surface area contributed by atoms with Crippen LogP contribution in [0.15, 0.2) is 30.6 Å². The Labute approximate surface area is 116 Å². The average Bonchev–Trinajstić information content (AvgIpc) is 2.81. The molecule has 3 nitrogen and oxygen atoms in total. The third kappa shape index (κ3) is 2.72.